The Labute approximate surface area is 173 Å². The van der Waals surface area contributed by atoms with Crippen molar-refractivity contribution < 1.29 is 18.0 Å². The Kier molecular flexibility index (Phi) is 5.34. The highest BCUT2D eigenvalue weighted by Crippen LogP contribution is 2.22. The molecule has 2 aromatic carbocycles. The van der Waals surface area contributed by atoms with Crippen molar-refractivity contribution in [1.29, 1.82) is 0 Å². The lowest BCUT2D eigenvalue weighted by Gasteiger charge is -2.16. The highest BCUT2D eigenvalue weighted by atomic mass is 32.2. The molecule has 154 valence electrons. The second kappa shape index (κ2) is 8.09. The molecule has 1 aliphatic rings. The zero-order chi connectivity index (χ0) is 21.1. The molecule has 2 amide bonds. The maximum absolute atomic E-state index is 12.5. The van der Waals surface area contributed by atoms with Crippen LogP contribution in [0.5, 0.6) is 0 Å². The van der Waals surface area contributed by atoms with Gasteiger partial charge in [-0.2, -0.15) is 0 Å². The van der Waals surface area contributed by atoms with Crippen LogP contribution < -0.4 is 15.2 Å². The summed E-state index contributed by atoms with van der Waals surface area (Å²) in [5, 5.41) is 0. The van der Waals surface area contributed by atoms with E-state index in [2.05, 4.69) is 15.2 Å². The number of carbonyl (C=O) groups is 2. The van der Waals surface area contributed by atoms with E-state index >= 15 is 0 Å². The van der Waals surface area contributed by atoms with Crippen LogP contribution in [0.2, 0.25) is 0 Å². The van der Waals surface area contributed by atoms with Crippen LogP contribution >= 0.6 is 0 Å². The number of para-hydroxylation sites is 1. The third-order valence-electron chi connectivity index (χ3n) is 4.74. The second-order valence-electron chi connectivity index (χ2n) is 6.69. The molecule has 0 unspecified atom stereocenters. The van der Waals surface area contributed by atoms with E-state index in [0.717, 1.165) is 12.1 Å². The van der Waals surface area contributed by atoms with Crippen LogP contribution in [-0.4, -0.2) is 36.3 Å². The number of anilines is 1. The molecule has 2 N–H and O–H groups in total. The fraction of sp³-hybridized carbons (Fsp3) is 0.150. The van der Waals surface area contributed by atoms with Gasteiger partial charge in [0.25, 0.3) is 15.9 Å². The van der Waals surface area contributed by atoms with Crippen molar-refractivity contribution in [3.63, 3.8) is 0 Å². The van der Waals surface area contributed by atoms with E-state index in [1.54, 1.807) is 33.7 Å². The summed E-state index contributed by atoms with van der Waals surface area (Å²) < 4.78 is 26.6. The lowest BCUT2D eigenvalue weighted by molar-refractivity contribution is -0.117. The molecular formula is C20H19N5O4S. The zero-order valence-electron chi connectivity index (χ0n) is 15.9. The maximum atomic E-state index is 12.5. The Morgan fingerprint density at radius 3 is 2.40 bits per heavy atom. The Morgan fingerprint density at radius 2 is 1.73 bits per heavy atom. The van der Waals surface area contributed by atoms with Gasteiger partial charge in [-0.15, -0.1) is 4.83 Å². The molecule has 9 nitrogen and oxygen atoms in total. The number of carbonyl (C=O) groups excluding carboxylic acids is 2. The fourth-order valence-electron chi connectivity index (χ4n) is 3.22. The topological polar surface area (TPSA) is 113 Å². The summed E-state index contributed by atoms with van der Waals surface area (Å²) in [4.78, 5) is 32.0. The van der Waals surface area contributed by atoms with Crippen molar-refractivity contribution in [1.82, 2.24) is 19.8 Å². The van der Waals surface area contributed by atoms with Crippen molar-refractivity contribution in [2.24, 2.45) is 0 Å². The van der Waals surface area contributed by atoms with E-state index in [0.29, 0.717) is 18.7 Å². The monoisotopic (exact) mass is 425 g/mol. The standard InChI is InChI=1S/C20H19N5O4S/c26-19-7-4-12-24(19)16-8-10-17(11-9-16)30(28,29)23-22-20(27)18-13-21-14-25(18)15-5-2-1-3-6-15/h1-3,5-6,8-11,13-14,23H,4,7,12H2,(H,22,27). The van der Waals surface area contributed by atoms with E-state index < -0.39 is 15.9 Å². The fourth-order valence-corrected chi connectivity index (χ4v) is 4.06. The minimum atomic E-state index is -3.99. The van der Waals surface area contributed by atoms with Crippen LogP contribution in [0.25, 0.3) is 5.69 Å². The van der Waals surface area contributed by atoms with Gasteiger partial charge in [0.2, 0.25) is 5.91 Å². The number of amides is 2. The summed E-state index contributed by atoms with van der Waals surface area (Å²) in [6.07, 6.45) is 4.09. The molecule has 2 heterocycles. The van der Waals surface area contributed by atoms with Crippen molar-refractivity contribution in [2.45, 2.75) is 17.7 Å². The molecule has 0 aliphatic carbocycles. The number of nitrogens with one attached hydrogen (secondary N) is 2. The van der Waals surface area contributed by atoms with Gasteiger partial charge in [-0.25, -0.2) is 13.4 Å². The summed E-state index contributed by atoms with van der Waals surface area (Å²) in [5.74, 6) is -0.634. The van der Waals surface area contributed by atoms with Crippen molar-refractivity contribution in [3.05, 3.63) is 72.8 Å². The van der Waals surface area contributed by atoms with Gasteiger partial charge in [-0.05, 0) is 42.8 Å². The smallest absolute Gasteiger partial charge is 0.284 e. The summed E-state index contributed by atoms with van der Waals surface area (Å²) in [6.45, 7) is 0.619. The number of aromatic nitrogens is 2. The molecule has 0 atom stereocenters. The van der Waals surface area contributed by atoms with E-state index in [4.69, 9.17) is 0 Å². The zero-order valence-corrected chi connectivity index (χ0v) is 16.7. The second-order valence-corrected chi connectivity index (χ2v) is 8.37. The van der Waals surface area contributed by atoms with Gasteiger partial charge < -0.3 is 4.90 Å². The molecule has 1 saturated heterocycles. The molecule has 0 bridgehead atoms. The summed E-state index contributed by atoms with van der Waals surface area (Å²) >= 11 is 0. The largest absolute Gasteiger partial charge is 0.312 e. The first-order valence-electron chi connectivity index (χ1n) is 9.26. The van der Waals surface area contributed by atoms with Crippen LogP contribution in [0.1, 0.15) is 23.3 Å². The molecule has 0 radical (unpaired) electrons. The Hall–Kier alpha value is -3.50. The summed E-state index contributed by atoms with van der Waals surface area (Å²) in [6, 6.07) is 15.0. The van der Waals surface area contributed by atoms with Gasteiger partial charge in [-0.1, -0.05) is 18.2 Å². The minimum Gasteiger partial charge on any atom is -0.312 e. The van der Waals surface area contributed by atoms with E-state index in [-0.39, 0.29) is 16.5 Å². The first-order valence-corrected chi connectivity index (χ1v) is 10.7. The van der Waals surface area contributed by atoms with E-state index in [1.807, 2.05) is 18.2 Å². The van der Waals surface area contributed by atoms with Gasteiger partial charge in [0.05, 0.1) is 17.4 Å². The first kappa shape index (κ1) is 19.8. The number of rotatable bonds is 6. The van der Waals surface area contributed by atoms with Crippen LogP contribution in [0, 0.1) is 0 Å². The Balaban J connectivity index is 1.45. The minimum absolute atomic E-state index is 0.0195. The summed E-state index contributed by atoms with van der Waals surface area (Å²) in [7, 11) is -3.99. The van der Waals surface area contributed by atoms with Gasteiger partial charge in [0, 0.05) is 24.3 Å². The highest BCUT2D eigenvalue weighted by Gasteiger charge is 2.23. The Morgan fingerprint density at radius 1 is 1.00 bits per heavy atom. The number of benzene rings is 2. The molecule has 4 rings (SSSR count). The van der Waals surface area contributed by atoms with Crippen LogP contribution in [0.15, 0.2) is 72.0 Å². The van der Waals surface area contributed by atoms with Crippen molar-refractivity contribution >= 4 is 27.5 Å². The average molecular weight is 425 g/mol. The van der Waals surface area contributed by atoms with Gasteiger partial charge in [0.1, 0.15) is 5.69 Å². The summed E-state index contributed by atoms with van der Waals surface area (Å²) in [5.41, 5.74) is 3.74. The number of imidazole rings is 1. The third kappa shape index (κ3) is 3.95. The SMILES string of the molecule is O=C(NNS(=O)(=O)c1ccc(N2CCCC2=O)cc1)c1cncn1-c1ccccc1. The molecule has 0 saturated carbocycles. The lowest BCUT2D eigenvalue weighted by Crippen LogP contribution is -2.42. The molecule has 1 aliphatic heterocycles. The van der Waals surface area contributed by atoms with Gasteiger partial charge >= 0.3 is 0 Å². The lowest BCUT2D eigenvalue weighted by atomic mass is 10.3. The molecule has 30 heavy (non-hydrogen) atoms. The van der Waals surface area contributed by atoms with Gasteiger partial charge in [-0.3, -0.25) is 19.6 Å². The first-order chi connectivity index (χ1) is 14.5. The van der Waals surface area contributed by atoms with Crippen LogP contribution in [0.4, 0.5) is 5.69 Å². The number of sulfonamides is 1. The highest BCUT2D eigenvalue weighted by molar-refractivity contribution is 7.89. The quantitative estimate of drug-likeness (QED) is 0.583. The number of hydrogen-bond donors (Lipinski definition) is 2. The van der Waals surface area contributed by atoms with E-state index in [9.17, 15) is 18.0 Å². The van der Waals surface area contributed by atoms with Crippen LogP contribution in [0.3, 0.4) is 0 Å². The predicted molar refractivity (Wildman–Crippen MR) is 109 cm³/mol. The number of nitrogens with zero attached hydrogens (tertiary/aromatic N) is 3. The average Bonchev–Trinajstić information content (AvgIpc) is 3.42. The third-order valence-corrected chi connectivity index (χ3v) is 6.00. The molecule has 1 aromatic heterocycles. The van der Waals surface area contributed by atoms with Crippen molar-refractivity contribution in [3.8, 4) is 5.69 Å². The van der Waals surface area contributed by atoms with Crippen LogP contribution in [-0.2, 0) is 14.8 Å². The van der Waals surface area contributed by atoms with Crippen molar-refractivity contribution in [2.75, 3.05) is 11.4 Å². The normalized spacial score (nSPS) is 14.1. The Bertz CT molecular complexity index is 1170. The van der Waals surface area contributed by atoms with E-state index in [1.165, 1.54) is 24.7 Å². The molecule has 0 spiro atoms. The molecular weight excluding hydrogens is 406 g/mol. The number of hydrogen-bond acceptors (Lipinski definition) is 5. The maximum Gasteiger partial charge on any atom is 0.284 e. The predicted octanol–water partition coefficient (Wildman–Crippen LogP) is 1.62. The number of hydrazine groups is 1. The molecule has 3 aromatic rings. The molecule has 1 fully saturated rings. The molecule has 10 heteroatoms. The van der Waals surface area contributed by atoms with Gasteiger partial charge in [0.15, 0.2) is 0 Å².